The highest BCUT2D eigenvalue weighted by molar-refractivity contribution is 5.87. The van der Waals surface area contributed by atoms with Crippen LogP contribution in [0.15, 0.2) is 22.6 Å². The summed E-state index contributed by atoms with van der Waals surface area (Å²) in [4.78, 5) is 11.1. The summed E-state index contributed by atoms with van der Waals surface area (Å²) < 4.78 is 31.6. The van der Waals surface area contributed by atoms with E-state index in [1.54, 1.807) is 0 Å². The molecule has 0 spiro atoms. The number of aliphatic carboxylic acids is 1. The molecule has 5 heteroatoms. The molecule has 1 aliphatic rings. The van der Waals surface area contributed by atoms with E-state index in [1.807, 2.05) is 0 Å². The van der Waals surface area contributed by atoms with Gasteiger partial charge in [0, 0.05) is 12.1 Å². The Labute approximate surface area is 94.6 Å². The number of hydrogen-bond acceptors (Lipinski definition) is 2. The third kappa shape index (κ3) is 1.35. The number of carboxylic acids is 1. The fourth-order valence-electron chi connectivity index (χ4n) is 1.99. The van der Waals surface area contributed by atoms with Crippen LogP contribution < -0.4 is 0 Å². The summed E-state index contributed by atoms with van der Waals surface area (Å²) in [5, 5.41) is 9.20. The Morgan fingerprint density at radius 3 is 2.59 bits per heavy atom. The minimum atomic E-state index is -1.04. The van der Waals surface area contributed by atoms with Gasteiger partial charge in [-0.05, 0) is 18.9 Å². The molecular formula is C12H8F2O3. The molecule has 0 atom stereocenters. The van der Waals surface area contributed by atoms with Gasteiger partial charge in [-0.1, -0.05) is 0 Å². The molecule has 1 aromatic carbocycles. The van der Waals surface area contributed by atoms with Crippen molar-refractivity contribution in [1.82, 2.24) is 0 Å². The van der Waals surface area contributed by atoms with Crippen molar-refractivity contribution in [3.05, 3.63) is 35.6 Å². The van der Waals surface area contributed by atoms with Crippen molar-refractivity contribution in [3.8, 4) is 0 Å². The molecular weight excluding hydrogens is 230 g/mol. The van der Waals surface area contributed by atoms with Gasteiger partial charge >= 0.3 is 5.97 Å². The average molecular weight is 238 g/mol. The van der Waals surface area contributed by atoms with Crippen LogP contribution in [0.25, 0.3) is 11.0 Å². The highest BCUT2D eigenvalue weighted by Crippen LogP contribution is 2.50. The van der Waals surface area contributed by atoms with Crippen LogP contribution in [0.2, 0.25) is 0 Å². The van der Waals surface area contributed by atoms with Gasteiger partial charge in [0.15, 0.2) is 0 Å². The monoisotopic (exact) mass is 238 g/mol. The largest absolute Gasteiger partial charge is 0.480 e. The Hall–Kier alpha value is -1.91. The molecule has 1 aliphatic carbocycles. The van der Waals surface area contributed by atoms with E-state index in [-0.39, 0.29) is 16.7 Å². The molecule has 0 bridgehead atoms. The molecule has 1 heterocycles. The lowest BCUT2D eigenvalue weighted by atomic mass is 10.0. The van der Waals surface area contributed by atoms with Crippen molar-refractivity contribution in [3.63, 3.8) is 0 Å². The Balaban J connectivity index is 2.21. The molecule has 3 nitrogen and oxygen atoms in total. The Bertz CT molecular complexity index is 626. The third-order valence-electron chi connectivity index (χ3n) is 3.18. The van der Waals surface area contributed by atoms with Crippen molar-refractivity contribution in [2.75, 3.05) is 0 Å². The molecule has 0 unspecified atom stereocenters. The van der Waals surface area contributed by atoms with Gasteiger partial charge in [-0.3, -0.25) is 4.79 Å². The topological polar surface area (TPSA) is 50.4 Å². The first-order chi connectivity index (χ1) is 8.03. The van der Waals surface area contributed by atoms with E-state index in [2.05, 4.69) is 0 Å². The van der Waals surface area contributed by atoms with E-state index in [4.69, 9.17) is 9.52 Å². The van der Waals surface area contributed by atoms with Crippen molar-refractivity contribution >= 4 is 16.9 Å². The molecule has 2 aromatic rings. The summed E-state index contributed by atoms with van der Waals surface area (Å²) in [5.41, 5.74) is -0.993. The van der Waals surface area contributed by atoms with Crippen LogP contribution in [-0.4, -0.2) is 11.1 Å². The van der Waals surface area contributed by atoms with Crippen LogP contribution in [-0.2, 0) is 10.2 Å². The van der Waals surface area contributed by atoms with Gasteiger partial charge in [-0.15, -0.1) is 0 Å². The molecule has 3 rings (SSSR count). The van der Waals surface area contributed by atoms with Gasteiger partial charge in [-0.2, -0.15) is 0 Å². The fraction of sp³-hybridized carbons (Fsp3) is 0.250. The number of carbonyl (C=O) groups is 1. The van der Waals surface area contributed by atoms with Crippen molar-refractivity contribution < 1.29 is 23.1 Å². The minimum absolute atomic E-state index is 0.0463. The lowest BCUT2D eigenvalue weighted by Crippen LogP contribution is -2.18. The van der Waals surface area contributed by atoms with Gasteiger partial charge < -0.3 is 9.52 Å². The smallest absolute Gasteiger partial charge is 0.317 e. The van der Waals surface area contributed by atoms with Gasteiger partial charge in [0.25, 0.3) is 0 Å². The van der Waals surface area contributed by atoms with Crippen molar-refractivity contribution in [2.45, 2.75) is 18.3 Å². The molecule has 88 valence electrons. The molecule has 1 saturated carbocycles. The lowest BCUT2D eigenvalue weighted by Gasteiger charge is -2.03. The standard InChI is InChI=1S/C12H8F2O3/c13-6-3-8(14)7-5-10(17-9(7)4-6)12(1-2-12)11(15)16/h3-5H,1-2H2,(H,15,16). The Morgan fingerprint density at radius 2 is 2.00 bits per heavy atom. The second kappa shape index (κ2) is 3.06. The van der Waals surface area contributed by atoms with Gasteiger partial charge in [0.1, 0.15) is 28.4 Å². The number of carboxylic acid groups (broad SMARTS) is 1. The quantitative estimate of drug-likeness (QED) is 0.875. The number of hydrogen-bond donors (Lipinski definition) is 1. The van der Waals surface area contributed by atoms with Gasteiger partial charge in [0.05, 0.1) is 5.39 Å². The summed E-state index contributed by atoms with van der Waals surface area (Å²) >= 11 is 0. The van der Waals surface area contributed by atoms with Crippen molar-refractivity contribution in [1.29, 1.82) is 0 Å². The number of furan rings is 1. The van der Waals surface area contributed by atoms with E-state index < -0.39 is 23.0 Å². The first-order valence-corrected chi connectivity index (χ1v) is 5.15. The number of benzene rings is 1. The van der Waals surface area contributed by atoms with E-state index in [9.17, 15) is 13.6 Å². The summed E-state index contributed by atoms with van der Waals surface area (Å²) in [6.07, 6.45) is 0.929. The van der Waals surface area contributed by atoms with Crippen LogP contribution in [0.3, 0.4) is 0 Å². The maximum absolute atomic E-state index is 13.4. The van der Waals surface area contributed by atoms with E-state index in [0.717, 1.165) is 12.1 Å². The minimum Gasteiger partial charge on any atom is -0.480 e. The SMILES string of the molecule is O=C(O)C1(c2cc3c(F)cc(F)cc3o2)CC1. The predicted molar refractivity (Wildman–Crippen MR) is 54.7 cm³/mol. The summed E-state index contributed by atoms with van der Waals surface area (Å²) in [6, 6.07) is 3.16. The first-order valence-electron chi connectivity index (χ1n) is 5.15. The maximum Gasteiger partial charge on any atom is 0.317 e. The molecule has 1 aromatic heterocycles. The normalized spacial score (nSPS) is 17.3. The molecule has 1 N–H and O–H groups in total. The highest BCUT2D eigenvalue weighted by atomic mass is 19.1. The zero-order valence-electron chi connectivity index (χ0n) is 8.67. The highest BCUT2D eigenvalue weighted by Gasteiger charge is 2.54. The first kappa shape index (κ1) is 10.3. The Morgan fingerprint density at radius 1 is 1.29 bits per heavy atom. The number of fused-ring (bicyclic) bond motifs is 1. The van der Waals surface area contributed by atoms with Crippen molar-refractivity contribution in [2.24, 2.45) is 0 Å². The molecule has 0 saturated heterocycles. The van der Waals surface area contributed by atoms with Gasteiger partial charge in [0.2, 0.25) is 0 Å². The Kier molecular flexibility index (Phi) is 1.85. The maximum atomic E-state index is 13.4. The molecule has 0 radical (unpaired) electrons. The molecule has 17 heavy (non-hydrogen) atoms. The van der Waals surface area contributed by atoms with Crippen LogP contribution >= 0.6 is 0 Å². The lowest BCUT2D eigenvalue weighted by molar-refractivity contribution is -0.140. The van der Waals surface area contributed by atoms with E-state index in [0.29, 0.717) is 12.8 Å². The summed E-state index contributed by atoms with van der Waals surface area (Å²) in [6.45, 7) is 0. The second-order valence-electron chi connectivity index (χ2n) is 4.30. The summed E-state index contributed by atoms with van der Waals surface area (Å²) in [5.74, 6) is -2.27. The van der Waals surface area contributed by atoms with E-state index in [1.165, 1.54) is 6.07 Å². The third-order valence-corrected chi connectivity index (χ3v) is 3.18. The second-order valence-corrected chi connectivity index (χ2v) is 4.30. The zero-order chi connectivity index (χ0) is 12.2. The molecule has 1 fully saturated rings. The van der Waals surface area contributed by atoms with Crippen LogP contribution in [0, 0.1) is 11.6 Å². The van der Waals surface area contributed by atoms with Crippen LogP contribution in [0.4, 0.5) is 8.78 Å². The predicted octanol–water partition coefficient (Wildman–Crippen LogP) is 2.83. The molecule has 0 amide bonds. The fourth-order valence-corrected chi connectivity index (χ4v) is 1.99. The number of rotatable bonds is 2. The zero-order valence-corrected chi connectivity index (χ0v) is 8.67. The van der Waals surface area contributed by atoms with E-state index >= 15 is 0 Å². The average Bonchev–Trinajstić information content (AvgIpc) is 2.94. The molecule has 0 aliphatic heterocycles. The number of halogens is 2. The summed E-state index contributed by atoms with van der Waals surface area (Å²) in [7, 11) is 0. The van der Waals surface area contributed by atoms with Gasteiger partial charge in [-0.25, -0.2) is 8.78 Å². The van der Waals surface area contributed by atoms with Crippen LogP contribution in [0.5, 0.6) is 0 Å². The van der Waals surface area contributed by atoms with Crippen LogP contribution in [0.1, 0.15) is 18.6 Å².